The number of nitrogens with zero attached hydrogens (tertiary/aromatic N) is 2. The zero-order valence-electron chi connectivity index (χ0n) is 13.7. The predicted octanol–water partition coefficient (Wildman–Crippen LogP) is 2.48. The van der Waals surface area contributed by atoms with Gasteiger partial charge in [-0.15, -0.1) is 0 Å². The lowest BCUT2D eigenvalue weighted by Gasteiger charge is -2.24. The maximum absolute atomic E-state index is 12.7. The molecule has 124 valence electrons. The van der Waals surface area contributed by atoms with Crippen LogP contribution >= 0.6 is 0 Å². The summed E-state index contributed by atoms with van der Waals surface area (Å²) >= 11 is 0. The molecule has 4 nitrogen and oxygen atoms in total. The van der Waals surface area contributed by atoms with Gasteiger partial charge in [0, 0.05) is 32.6 Å². The van der Waals surface area contributed by atoms with E-state index < -0.39 is 0 Å². The van der Waals surface area contributed by atoms with Crippen molar-refractivity contribution in [2.45, 2.75) is 38.5 Å². The number of likely N-dealkylation sites (tertiary alicyclic amines) is 2. The Labute approximate surface area is 138 Å². The summed E-state index contributed by atoms with van der Waals surface area (Å²) in [7, 11) is 0. The quantitative estimate of drug-likeness (QED) is 0.856. The van der Waals surface area contributed by atoms with Gasteiger partial charge in [-0.3, -0.25) is 9.59 Å². The first-order valence-corrected chi connectivity index (χ1v) is 8.84. The summed E-state index contributed by atoms with van der Waals surface area (Å²) in [4.78, 5) is 28.7. The molecule has 0 aliphatic carbocycles. The SMILES string of the molecule is O=C1CC(C(=O)N2CCCCCC2)CN1CCc1ccccc1. The highest BCUT2D eigenvalue weighted by Gasteiger charge is 2.36. The van der Waals surface area contributed by atoms with Crippen molar-refractivity contribution in [2.75, 3.05) is 26.2 Å². The first kappa shape index (κ1) is 16.0. The highest BCUT2D eigenvalue weighted by atomic mass is 16.2. The van der Waals surface area contributed by atoms with Gasteiger partial charge in [0.25, 0.3) is 0 Å². The second-order valence-electron chi connectivity index (χ2n) is 6.72. The van der Waals surface area contributed by atoms with Gasteiger partial charge in [-0.25, -0.2) is 0 Å². The molecule has 0 spiro atoms. The van der Waals surface area contributed by atoms with E-state index in [-0.39, 0.29) is 17.7 Å². The Morgan fingerprint density at radius 3 is 2.43 bits per heavy atom. The van der Waals surface area contributed by atoms with Crippen LogP contribution in [0.1, 0.15) is 37.7 Å². The molecule has 2 saturated heterocycles. The lowest BCUT2D eigenvalue weighted by molar-refractivity contribution is -0.135. The third-order valence-electron chi connectivity index (χ3n) is 4.99. The van der Waals surface area contributed by atoms with Crippen molar-refractivity contribution >= 4 is 11.8 Å². The van der Waals surface area contributed by atoms with Gasteiger partial charge < -0.3 is 9.80 Å². The molecule has 0 saturated carbocycles. The maximum Gasteiger partial charge on any atom is 0.227 e. The Hall–Kier alpha value is -1.84. The van der Waals surface area contributed by atoms with Crippen molar-refractivity contribution in [1.82, 2.24) is 9.80 Å². The van der Waals surface area contributed by atoms with Crippen LogP contribution in [0.3, 0.4) is 0 Å². The summed E-state index contributed by atoms with van der Waals surface area (Å²) in [5, 5.41) is 0. The standard InChI is InChI=1S/C19H26N2O2/c22-18-14-17(19(23)20-11-6-1-2-7-12-20)15-21(18)13-10-16-8-4-3-5-9-16/h3-5,8-9,17H,1-2,6-7,10-15H2. The number of hydrogen-bond acceptors (Lipinski definition) is 2. The van der Waals surface area contributed by atoms with Gasteiger partial charge >= 0.3 is 0 Å². The molecule has 2 heterocycles. The fourth-order valence-electron chi connectivity index (χ4n) is 3.61. The third-order valence-corrected chi connectivity index (χ3v) is 4.99. The largest absolute Gasteiger partial charge is 0.342 e. The van der Waals surface area contributed by atoms with E-state index in [2.05, 4.69) is 12.1 Å². The molecule has 4 heteroatoms. The lowest BCUT2D eigenvalue weighted by Crippen LogP contribution is -2.38. The van der Waals surface area contributed by atoms with E-state index >= 15 is 0 Å². The minimum absolute atomic E-state index is 0.128. The average Bonchev–Trinajstić information content (AvgIpc) is 2.78. The van der Waals surface area contributed by atoms with Gasteiger partial charge in [0.1, 0.15) is 0 Å². The second kappa shape index (κ2) is 7.62. The number of rotatable bonds is 4. The average molecular weight is 314 g/mol. The van der Waals surface area contributed by atoms with E-state index in [4.69, 9.17) is 0 Å². The van der Waals surface area contributed by atoms with E-state index in [1.807, 2.05) is 28.0 Å². The van der Waals surface area contributed by atoms with E-state index in [0.29, 0.717) is 19.5 Å². The second-order valence-corrected chi connectivity index (χ2v) is 6.72. The molecule has 2 fully saturated rings. The zero-order chi connectivity index (χ0) is 16.1. The van der Waals surface area contributed by atoms with Crippen LogP contribution in [0.2, 0.25) is 0 Å². The van der Waals surface area contributed by atoms with Crippen LogP contribution in [0.25, 0.3) is 0 Å². The summed E-state index contributed by atoms with van der Waals surface area (Å²) in [6.07, 6.45) is 5.89. The van der Waals surface area contributed by atoms with E-state index in [1.165, 1.54) is 18.4 Å². The monoisotopic (exact) mass is 314 g/mol. The van der Waals surface area contributed by atoms with E-state index in [9.17, 15) is 9.59 Å². The van der Waals surface area contributed by atoms with Gasteiger partial charge in [-0.05, 0) is 24.8 Å². The van der Waals surface area contributed by atoms with Crippen LogP contribution in [0, 0.1) is 5.92 Å². The Bertz CT molecular complexity index is 536. The van der Waals surface area contributed by atoms with Crippen LogP contribution in [-0.2, 0) is 16.0 Å². The molecule has 0 aromatic heterocycles. The fourth-order valence-corrected chi connectivity index (χ4v) is 3.61. The van der Waals surface area contributed by atoms with Crippen molar-refractivity contribution in [3.8, 4) is 0 Å². The number of amides is 2. The number of hydrogen-bond donors (Lipinski definition) is 0. The fraction of sp³-hybridized carbons (Fsp3) is 0.579. The van der Waals surface area contributed by atoms with Crippen molar-refractivity contribution in [3.05, 3.63) is 35.9 Å². The maximum atomic E-state index is 12.7. The summed E-state index contributed by atoms with van der Waals surface area (Å²) in [5.74, 6) is 0.202. The molecule has 1 atom stereocenters. The minimum atomic E-state index is -0.128. The van der Waals surface area contributed by atoms with Gasteiger partial charge in [0.15, 0.2) is 0 Å². The molecular weight excluding hydrogens is 288 g/mol. The van der Waals surface area contributed by atoms with Crippen LogP contribution in [0.4, 0.5) is 0 Å². The normalized spacial score (nSPS) is 22.3. The van der Waals surface area contributed by atoms with Crippen LogP contribution < -0.4 is 0 Å². The number of carbonyl (C=O) groups is 2. The summed E-state index contributed by atoms with van der Waals surface area (Å²) in [6, 6.07) is 10.2. The molecule has 2 amide bonds. The Morgan fingerprint density at radius 2 is 1.74 bits per heavy atom. The summed E-state index contributed by atoms with van der Waals surface area (Å²) < 4.78 is 0. The third kappa shape index (κ3) is 4.12. The van der Waals surface area contributed by atoms with Gasteiger partial charge in [0.05, 0.1) is 5.92 Å². The van der Waals surface area contributed by atoms with Crippen LogP contribution in [0.5, 0.6) is 0 Å². The van der Waals surface area contributed by atoms with Crippen molar-refractivity contribution in [2.24, 2.45) is 5.92 Å². The first-order valence-electron chi connectivity index (χ1n) is 8.84. The molecule has 3 rings (SSSR count). The van der Waals surface area contributed by atoms with Gasteiger partial charge in [-0.1, -0.05) is 43.2 Å². The summed E-state index contributed by atoms with van der Waals surface area (Å²) in [5.41, 5.74) is 1.24. The van der Waals surface area contributed by atoms with Crippen molar-refractivity contribution in [1.29, 1.82) is 0 Å². The molecular formula is C19H26N2O2. The van der Waals surface area contributed by atoms with Crippen LogP contribution in [-0.4, -0.2) is 47.8 Å². The molecule has 23 heavy (non-hydrogen) atoms. The molecule has 2 aliphatic rings. The lowest BCUT2D eigenvalue weighted by atomic mass is 10.1. The molecule has 1 aromatic carbocycles. The highest BCUT2D eigenvalue weighted by Crippen LogP contribution is 2.22. The Kier molecular flexibility index (Phi) is 5.31. The predicted molar refractivity (Wildman–Crippen MR) is 89.9 cm³/mol. The van der Waals surface area contributed by atoms with Gasteiger partial charge in [-0.2, -0.15) is 0 Å². The Morgan fingerprint density at radius 1 is 1.04 bits per heavy atom. The van der Waals surface area contributed by atoms with E-state index in [1.54, 1.807) is 0 Å². The topological polar surface area (TPSA) is 40.6 Å². The summed E-state index contributed by atoms with van der Waals surface area (Å²) in [6.45, 7) is 3.05. The Balaban J connectivity index is 1.53. The van der Waals surface area contributed by atoms with Crippen LogP contribution in [0.15, 0.2) is 30.3 Å². The molecule has 0 bridgehead atoms. The molecule has 1 aromatic rings. The highest BCUT2D eigenvalue weighted by molar-refractivity contribution is 5.89. The minimum Gasteiger partial charge on any atom is -0.342 e. The smallest absolute Gasteiger partial charge is 0.227 e. The van der Waals surface area contributed by atoms with Gasteiger partial charge in [0.2, 0.25) is 11.8 Å². The molecule has 2 aliphatic heterocycles. The molecule has 0 radical (unpaired) electrons. The van der Waals surface area contributed by atoms with Crippen molar-refractivity contribution < 1.29 is 9.59 Å². The van der Waals surface area contributed by atoms with Crippen molar-refractivity contribution in [3.63, 3.8) is 0 Å². The van der Waals surface area contributed by atoms with E-state index in [0.717, 1.165) is 32.4 Å². The first-order chi connectivity index (χ1) is 11.2. The molecule has 0 N–H and O–H groups in total. The zero-order valence-corrected chi connectivity index (χ0v) is 13.7. The molecule has 1 unspecified atom stereocenters. The number of carbonyl (C=O) groups excluding carboxylic acids is 2. The number of benzene rings is 1.